The Hall–Kier alpha value is -1.84. The van der Waals surface area contributed by atoms with Gasteiger partial charge in [0.05, 0.1) is 5.69 Å². The predicted octanol–water partition coefficient (Wildman–Crippen LogP) is 2.66. The van der Waals surface area contributed by atoms with Crippen molar-refractivity contribution >= 4 is 17.6 Å². The molecule has 0 aliphatic carbocycles. The van der Waals surface area contributed by atoms with Crippen LogP contribution >= 0.6 is 0 Å². The maximum Gasteiger partial charge on any atom is 0.310 e. The molecule has 92 valence electrons. The van der Waals surface area contributed by atoms with Crippen molar-refractivity contribution in [2.45, 2.75) is 33.6 Å². The molecule has 0 radical (unpaired) electrons. The summed E-state index contributed by atoms with van der Waals surface area (Å²) in [7, 11) is 0. The van der Waals surface area contributed by atoms with Crippen molar-refractivity contribution in [2.75, 3.05) is 5.32 Å². The van der Waals surface area contributed by atoms with E-state index in [2.05, 4.69) is 5.32 Å². The number of amides is 1. The van der Waals surface area contributed by atoms with E-state index in [-0.39, 0.29) is 11.9 Å². The fraction of sp³-hybridized carbons (Fsp3) is 0.385. The molecular formula is C13H17NO3. The Balaban J connectivity index is 2.95. The molecule has 1 aromatic rings. The van der Waals surface area contributed by atoms with Crippen LogP contribution in [-0.4, -0.2) is 11.9 Å². The lowest BCUT2D eigenvalue weighted by atomic mass is 10.2. The summed E-state index contributed by atoms with van der Waals surface area (Å²) in [6.07, 6.45) is 0.685. The van der Waals surface area contributed by atoms with Crippen molar-refractivity contribution in [1.82, 2.24) is 0 Å². The number of nitrogens with one attached hydrogen (secondary N) is 1. The number of esters is 1. The van der Waals surface area contributed by atoms with Crippen LogP contribution in [0.1, 0.15) is 32.3 Å². The van der Waals surface area contributed by atoms with Crippen LogP contribution in [0.4, 0.5) is 5.69 Å². The van der Waals surface area contributed by atoms with Gasteiger partial charge < -0.3 is 10.1 Å². The van der Waals surface area contributed by atoms with Crippen LogP contribution < -0.4 is 10.1 Å². The average molecular weight is 235 g/mol. The molecule has 1 rings (SSSR count). The third-order valence-corrected chi connectivity index (χ3v) is 2.24. The Bertz CT molecular complexity index is 427. The number of benzene rings is 1. The first kappa shape index (κ1) is 13.2. The maximum atomic E-state index is 11.3. The molecule has 0 saturated heterocycles. The number of hydrogen-bond donors (Lipinski definition) is 1. The second-order valence-corrected chi connectivity index (χ2v) is 3.73. The van der Waals surface area contributed by atoms with Crippen molar-refractivity contribution < 1.29 is 14.3 Å². The Morgan fingerprint density at radius 2 is 1.94 bits per heavy atom. The minimum atomic E-state index is -0.319. The molecule has 0 aliphatic rings. The lowest BCUT2D eigenvalue weighted by Gasteiger charge is -2.11. The van der Waals surface area contributed by atoms with Gasteiger partial charge in [-0.3, -0.25) is 9.59 Å². The smallest absolute Gasteiger partial charge is 0.310 e. The summed E-state index contributed by atoms with van der Waals surface area (Å²) in [5.41, 5.74) is 1.53. The van der Waals surface area contributed by atoms with E-state index < -0.39 is 0 Å². The Morgan fingerprint density at radius 1 is 1.24 bits per heavy atom. The van der Waals surface area contributed by atoms with Crippen LogP contribution in [-0.2, 0) is 9.59 Å². The minimum absolute atomic E-state index is 0.107. The average Bonchev–Trinajstić information content (AvgIpc) is 2.32. The van der Waals surface area contributed by atoms with Gasteiger partial charge in [0.25, 0.3) is 0 Å². The number of anilines is 1. The van der Waals surface area contributed by atoms with Gasteiger partial charge in [-0.15, -0.1) is 0 Å². The fourth-order valence-electron chi connectivity index (χ4n) is 1.26. The number of rotatable bonds is 4. The lowest BCUT2D eigenvalue weighted by Crippen LogP contribution is -2.13. The molecule has 0 unspecified atom stereocenters. The van der Waals surface area contributed by atoms with Crippen molar-refractivity contribution in [3.8, 4) is 5.75 Å². The summed E-state index contributed by atoms with van der Waals surface area (Å²) >= 11 is 0. The summed E-state index contributed by atoms with van der Waals surface area (Å²) in [6.45, 7) is 5.40. The largest absolute Gasteiger partial charge is 0.424 e. The zero-order valence-corrected chi connectivity index (χ0v) is 10.4. The molecule has 4 nitrogen and oxygen atoms in total. The van der Waals surface area contributed by atoms with E-state index in [9.17, 15) is 9.59 Å². The van der Waals surface area contributed by atoms with Crippen LogP contribution in [0.3, 0.4) is 0 Å². The van der Waals surface area contributed by atoms with Crippen molar-refractivity contribution in [1.29, 1.82) is 0 Å². The van der Waals surface area contributed by atoms with Crippen LogP contribution in [0.2, 0.25) is 0 Å². The molecule has 0 bridgehead atoms. The zero-order chi connectivity index (χ0) is 12.8. The molecule has 0 saturated carbocycles. The van der Waals surface area contributed by atoms with E-state index in [1.807, 2.05) is 13.0 Å². The summed E-state index contributed by atoms with van der Waals surface area (Å²) in [4.78, 5) is 22.6. The molecule has 0 heterocycles. The first-order valence-corrected chi connectivity index (χ1v) is 5.68. The molecule has 0 spiro atoms. The van der Waals surface area contributed by atoms with Crippen LogP contribution in [0.5, 0.6) is 5.75 Å². The number of hydrogen-bond acceptors (Lipinski definition) is 3. The summed E-state index contributed by atoms with van der Waals surface area (Å²) in [6, 6.07) is 5.31. The van der Waals surface area contributed by atoms with Gasteiger partial charge in [0.1, 0.15) is 0 Å². The standard InChI is InChI=1S/C13H17NO3/c1-4-12(15)14-10-8-9(3)6-7-11(10)17-13(16)5-2/h6-8H,4-5H2,1-3H3,(H,14,15). The molecule has 0 atom stereocenters. The number of carbonyl (C=O) groups is 2. The second-order valence-electron chi connectivity index (χ2n) is 3.73. The highest BCUT2D eigenvalue weighted by atomic mass is 16.5. The van der Waals surface area contributed by atoms with Crippen molar-refractivity contribution in [2.24, 2.45) is 0 Å². The van der Waals surface area contributed by atoms with Gasteiger partial charge in [-0.25, -0.2) is 0 Å². The van der Waals surface area contributed by atoms with Crippen molar-refractivity contribution in [3.63, 3.8) is 0 Å². The maximum absolute atomic E-state index is 11.3. The highest BCUT2D eigenvalue weighted by molar-refractivity contribution is 5.92. The third-order valence-electron chi connectivity index (χ3n) is 2.24. The van der Waals surface area contributed by atoms with Crippen molar-refractivity contribution in [3.05, 3.63) is 23.8 Å². The number of aryl methyl sites for hydroxylation is 1. The SMILES string of the molecule is CCC(=O)Nc1cc(C)ccc1OC(=O)CC. The molecule has 0 aromatic heterocycles. The van der Waals surface area contributed by atoms with Gasteiger partial charge in [-0.2, -0.15) is 0 Å². The molecule has 17 heavy (non-hydrogen) atoms. The van der Waals surface area contributed by atoms with E-state index in [4.69, 9.17) is 4.74 Å². The van der Waals surface area contributed by atoms with Gasteiger partial charge in [0, 0.05) is 12.8 Å². The van der Waals surface area contributed by atoms with Crippen LogP contribution in [0, 0.1) is 6.92 Å². The minimum Gasteiger partial charge on any atom is -0.424 e. The van der Waals surface area contributed by atoms with Crippen LogP contribution in [0.25, 0.3) is 0 Å². The molecule has 4 heteroatoms. The monoisotopic (exact) mass is 235 g/mol. The quantitative estimate of drug-likeness (QED) is 0.644. The van der Waals surface area contributed by atoms with Gasteiger partial charge in [0.2, 0.25) is 5.91 Å². The Kier molecular flexibility index (Phi) is 4.69. The first-order valence-electron chi connectivity index (χ1n) is 5.68. The summed E-state index contributed by atoms with van der Waals surface area (Å²) in [5.74, 6) is -0.0329. The Morgan fingerprint density at radius 3 is 2.53 bits per heavy atom. The second kappa shape index (κ2) is 6.03. The molecule has 1 aromatic carbocycles. The molecular weight excluding hydrogens is 218 g/mol. The van der Waals surface area contributed by atoms with Crippen LogP contribution in [0.15, 0.2) is 18.2 Å². The number of carbonyl (C=O) groups excluding carboxylic acids is 2. The summed E-state index contributed by atoms with van der Waals surface area (Å²) in [5, 5.41) is 2.71. The topological polar surface area (TPSA) is 55.4 Å². The van der Waals surface area contributed by atoms with E-state index in [0.717, 1.165) is 5.56 Å². The summed E-state index contributed by atoms with van der Waals surface area (Å²) < 4.78 is 5.14. The zero-order valence-electron chi connectivity index (χ0n) is 10.4. The Labute approximate surface area is 101 Å². The normalized spacial score (nSPS) is 9.82. The van der Waals surface area contributed by atoms with E-state index >= 15 is 0 Å². The predicted molar refractivity (Wildman–Crippen MR) is 66.0 cm³/mol. The number of ether oxygens (including phenoxy) is 1. The molecule has 0 fully saturated rings. The fourth-order valence-corrected chi connectivity index (χ4v) is 1.26. The van der Waals surface area contributed by atoms with Gasteiger partial charge in [-0.05, 0) is 24.6 Å². The van der Waals surface area contributed by atoms with Gasteiger partial charge in [0.15, 0.2) is 5.75 Å². The molecule has 1 amide bonds. The molecule has 1 N–H and O–H groups in total. The van der Waals surface area contributed by atoms with Gasteiger partial charge >= 0.3 is 5.97 Å². The lowest BCUT2D eigenvalue weighted by molar-refractivity contribution is -0.134. The first-order chi connectivity index (χ1) is 8.06. The highest BCUT2D eigenvalue weighted by Gasteiger charge is 2.10. The van der Waals surface area contributed by atoms with E-state index in [1.165, 1.54) is 0 Å². The molecule has 0 aliphatic heterocycles. The van der Waals surface area contributed by atoms with E-state index in [1.54, 1.807) is 26.0 Å². The van der Waals surface area contributed by atoms with E-state index in [0.29, 0.717) is 24.3 Å². The third kappa shape index (κ3) is 3.90. The highest BCUT2D eigenvalue weighted by Crippen LogP contribution is 2.26. The van der Waals surface area contributed by atoms with Gasteiger partial charge in [-0.1, -0.05) is 19.9 Å².